The molecule has 0 amide bonds. The number of nitrogens with zero attached hydrogens (tertiary/aromatic N) is 2. The lowest BCUT2D eigenvalue weighted by Gasteiger charge is -2.15. The molecule has 3 nitrogen and oxygen atoms in total. The molecule has 10 aromatic carbocycles. The van der Waals surface area contributed by atoms with Gasteiger partial charge in [-0.15, -0.1) is 0 Å². The molecule has 0 aliphatic heterocycles. The summed E-state index contributed by atoms with van der Waals surface area (Å²) in [6, 6.07) is 77.5. The van der Waals surface area contributed by atoms with Gasteiger partial charge in [0.1, 0.15) is 11.2 Å². The Balaban J connectivity index is 1.01. The maximum atomic E-state index is 6.34. The summed E-state index contributed by atoms with van der Waals surface area (Å²) in [6.45, 7) is 0. The second kappa shape index (κ2) is 14.3. The zero-order valence-electron chi connectivity index (χ0n) is 33.1. The van der Waals surface area contributed by atoms with Crippen LogP contribution in [0.5, 0.6) is 0 Å². The van der Waals surface area contributed by atoms with E-state index in [0.717, 1.165) is 72.3 Å². The van der Waals surface area contributed by atoms with E-state index < -0.39 is 0 Å². The van der Waals surface area contributed by atoms with Crippen molar-refractivity contribution in [3.05, 3.63) is 218 Å². The van der Waals surface area contributed by atoms with Crippen LogP contribution in [0, 0.1) is 0 Å². The van der Waals surface area contributed by atoms with E-state index >= 15 is 0 Å². The molecule has 2 heterocycles. The van der Waals surface area contributed by atoms with Gasteiger partial charge in [-0.1, -0.05) is 188 Å². The summed E-state index contributed by atoms with van der Waals surface area (Å²) in [5.41, 5.74) is 13.3. The van der Waals surface area contributed by atoms with Crippen molar-refractivity contribution in [1.82, 2.24) is 9.97 Å². The lowest BCUT2D eigenvalue weighted by molar-refractivity contribution is 0.669. The molecule has 0 fully saturated rings. The first-order chi connectivity index (χ1) is 30.2. The molecule has 12 aromatic rings. The normalized spacial score (nSPS) is 11.6. The van der Waals surface area contributed by atoms with Crippen LogP contribution in [0.25, 0.3) is 122 Å². The minimum atomic E-state index is 0.669. The Bertz CT molecular complexity index is 3620. The lowest BCUT2D eigenvalue weighted by Crippen LogP contribution is -1.97. The van der Waals surface area contributed by atoms with E-state index in [0.29, 0.717) is 5.82 Å². The van der Waals surface area contributed by atoms with Crippen LogP contribution >= 0.6 is 0 Å². The van der Waals surface area contributed by atoms with E-state index in [1.807, 2.05) is 18.2 Å². The van der Waals surface area contributed by atoms with E-state index in [1.165, 1.54) is 43.4 Å². The molecule has 61 heavy (non-hydrogen) atoms. The molecule has 2 aromatic heterocycles. The highest BCUT2D eigenvalue weighted by Crippen LogP contribution is 2.41. The summed E-state index contributed by atoms with van der Waals surface area (Å²) in [7, 11) is 0. The highest BCUT2D eigenvalue weighted by Gasteiger charge is 2.17. The quantitative estimate of drug-likeness (QED) is 0.125. The molecular formula is C58H36N2O. The number of hydrogen-bond acceptors (Lipinski definition) is 3. The molecular weight excluding hydrogens is 741 g/mol. The van der Waals surface area contributed by atoms with Crippen molar-refractivity contribution in [3.8, 4) is 67.3 Å². The Hall–Kier alpha value is -8.14. The predicted octanol–water partition coefficient (Wildman–Crippen LogP) is 15.8. The smallest absolute Gasteiger partial charge is 0.160 e. The van der Waals surface area contributed by atoms with E-state index in [1.54, 1.807) is 0 Å². The van der Waals surface area contributed by atoms with Crippen molar-refractivity contribution in [1.29, 1.82) is 0 Å². The number of para-hydroxylation sites is 1. The Morgan fingerprint density at radius 3 is 1.69 bits per heavy atom. The van der Waals surface area contributed by atoms with Gasteiger partial charge in [0.15, 0.2) is 5.82 Å². The monoisotopic (exact) mass is 776 g/mol. The molecule has 284 valence electrons. The molecule has 0 saturated carbocycles. The highest BCUT2D eigenvalue weighted by atomic mass is 16.3. The standard InChI is InChI=1S/C58H36N2O/c1-2-12-37(13-3-1)38-22-24-40(25-23-38)53-36-54(48-19-9-8-17-46(48)44-31-32-50-49-20-10-11-21-55(49)61-56(50)35-44)60-58(59-53)42-28-26-41(27-29-42)57-47-18-7-5-15-43(47)34-52-45-16-6-4-14-39(45)30-33-51(52)57/h1-36H. The fraction of sp³-hybridized carbons (Fsp3) is 0. The summed E-state index contributed by atoms with van der Waals surface area (Å²) in [4.78, 5) is 10.6. The average Bonchev–Trinajstić information content (AvgIpc) is 3.71. The first-order valence-corrected chi connectivity index (χ1v) is 20.7. The van der Waals surface area contributed by atoms with Crippen LogP contribution in [0.15, 0.2) is 223 Å². The first kappa shape index (κ1) is 34.9. The fourth-order valence-corrected chi connectivity index (χ4v) is 9.10. The molecule has 3 heteroatoms. The van der Waals surface area contributed by atoms with Crippen LogP contribution in [0.2, 0.25) is 0 Å². The van der Waals surface area contributed by atoms with Crippen LogP contribution in [-0.4, -0.2) is 9.97 Å². The van der Waals surface area contributed by atoms with Crippen molar-refractivity contribution in [2.45, 2.75) is 0 Å². The van der Waals surface area contributed by atoms with Crippen molar-refractivity contribution in [2.24, 2.45) is 0 Å². The van der Waals surface area contributed by atoms with E-state index in [2.05, 4.69) is 200 Å². The van der Waals surface area contributed by atoms with Crippen LogP contribution in [0.3, 0.4) is 0 Å². The average molecular weight is 777 g/mol. The highest BCUT2D eigenvalue weighted by molar-refractivity contribution is 6.20. The third kappa shape index (κ3) is 6.06. The molecule has 0 radical (unpaired) electrons. The Labute approximate surface area is 352 Å². The third-order valence-electron chi connectivity index (χ3n) is 12.1. The van der Waals surface area contributed by atoms with Gasteiger partial charge in [0.05, 0.1) is 11.4 Å². The number of hydrogen-bond donors (Lipinski definition) is 0. The zero-order chi connectivity index (χ0) is 40.3. The predicted molar refractivity (Wildman–Crippen MR) is 254 cm³/mol. The summed E-state index contributed by atoms with van der Waals surface area (Å²) in [5, 5.41) is 9.68. The minimum Gasteiger partial charge on any atom is -0.456 e. The van der Waals surface area contributed by atoms with Crippen LogP contribution in [0.4, 0.5) is 0 Å². The lowest BCUT2D eigenvalue weighted by atomic mass is 9.89. The van der Waals surface area contributed by atoms with Gasteiger partial charge in [0.25, 0.3) is 0 Å². The van der Waals surface area contributed by atoms with Gasteiger partial charge in [-0.05, 0) is 96.0 Å². The van der Waals surface area contributed by atoms with E-state index in [4.69, 9.17) is 14.4 Å². The number of rotatable bonds is 6. The Morgan fingerprint density at radius 2 is 0.852 bits per heavy atom. The molecule has 0 bridgehead atoms. The molecule has 0 saturated heterocycles. The Kier molecular flexibility index (Phi) is 8.17. The number of furan rings is 1. The minimum absolute atomic E-state index is 0.669. The van der Waals surface area contributed by atoms with Gasteiger partial charge in [0.2, 0.25) is 0 Å². The maximum absolute atomic E-state index is 6.34. The summed E-state index contributed by atoms with van der Waals surface area (Å²) in [5.74, 6) is 0.669. The largest absolute Gasteiger partial charge is 0.456 e. The van der Waals surface area contributed by atoms with Crippen LogP contribution < -0.4 is 0 Å². The van der Waals surface area contributed by atoms with E-state index in [-0.39, 0.29) is 0 Å². The molecule has 0 aliphatic carbocycles. The molecule has 0 aliphatic rings. The Morgan fingerprint density at radius 1 is 0.279 bits per heavy atom. The van der Waals surface area contributed by atoms with Gasteiger partial charge in [0, 0.05) is 27.5 Å². The third-order valence-corrected chi connectivity index (χ3v) is 12.1. The molecule has 0 N–H and O–H groups in total. The SMILES string of the molecule is c1ccc(-c2ccc(-c3cc(-c4ccccc4-c4ccc5c(c4)oc4ccccc45)nc(-c4ccc(-c5c6ccccc6cc6c5ccc5ccccc56)cc4)n3)cc2)cc1. The summed E-state index contributed by atoms with van der Waals surface area (Å²) >= 11 is 0. The van der Waals surface area contributed by atoms with Gasteiger partial charge < -0.3 is 4.42 Å². The van der Waals surface area contributed by atoms with E-state index in [9.17, 15) is 0 Å². The second-order valence-corrected chi connectivity index (χ2v) is 15.7. The van der Waals surface area contributed by atoms with Crippen molar-refractivity contribution >= 4 is 54.3 Å². The molecule has 0 atom stereocenters. The summed E-state index contributed by atoms with van der Waals surface area (Å²) in [6.07, 6.45) is 0. The van der Waals surface area contributed by atoms with Crippen LogP contribution in [0.1, 0.15) is 0 Å². The molecule has 0 spiro atoms. The van der Waals surface area contributed by atoms with Gasteiger partial charge in [-0.25, -0.2) is 9.97 Å². The van der Waals surface area contributed by atoms with Gasteiger partial charge >= 0.3 is 0 Å². The maximum Gasteiger partial charge on any atom is 0.160 e. The second-order valence-electron chi connectivity index (χ2n) is 15.7. The van der Waals surface area contributed by atoms with Crippen LogP contribution in [-0.2, 0) is 0 Å². The number of fused-ring (bicyclic) bond motifs is 7. The number of aromatic nitrogens is 2. The fourth-order valence-electron chi connectivity index (χ4n) is 9.10. The van der Waals surface area contributed by atoms with Crippen molar-refractivity contribution in [3.63, 3.8) is 0 Å². The van der Waals surface area contributed by atoms with Crippen molar-refractivity contribution in [2.75, 3.05) is 0 Å². The zero-order valence-corrected chi connectivity index (χ0v) is 33.1. The molecule has 0 unspecified atom stereocenters. The topological polar surface area (TPSA) is 38.9 Å². The molecule has 12 rings (SSSR count). The van der Waals surface area contributed by atoms with Gasteiger partial charge in [-0.3, -0.25) is 0 Å². The van der Waals surface area contributed by atoms with Crippen molar-refractivity contribution < 1.29 is 4.42 Å². The van der Waals surface area contributed by atoms with Gasteiger partial charge in [-0.2, -0.15) is 0 Å². The first-order valence-electron chi connectivity index (χ1n) is 20.7. The number of benzene rings is 10. The summed E-state index contributed by atoms with van der Waals surface area (Å²) < 4.78 is 6.34.